The Morgan fingerprint density at radius 3 is 2.12 bits per heavy atom. The van der Waals surface area contributed by atoms with Crippen LogP contribution in [0.5, 0.6) is 0 Å². The highest BCUT2D eigenvalue weighted by molar-refractivity contribution is 5.33. The number of halogens is 3. The van der Waals surface area contributed by atoms with Gasteiger partial charge in [-0.05, 0) is 30.9 Å². The molecule has 16 heavy (non-hydrogen) atoms. The fourth-order valence-electron chi connectivity index (χ4n) is 1.26. The van der Waals surface area contributed by atoms with Gasteiger partial charge in [0, 0.05) is 0 Å². The van der Waals surface area contributed by atoms with Crippen LogP contribution in [0.1, 0.15) is 34.1 Å². The van der Waals surface area contributed by atoms with E-state index in [1.165, 1.54) is 12.2 Å². The van der Waals surface area contributed by atoms with E-state index < -0.39 is 11.7 Å². The van der Waals surface area contributed by atoms with E-state index in [-0.39, 0.29) is 5.92 Å². The molecule has 0 atom stereocenters. The zero-order valence-corrected chi connectivity index (χ0v) is 10.2. The first kappa shape index (κ1) is 15.0. The van der Waals surface area contributed by atoms with Crippen LogP contribution in [0, 0.1) is 5.92 Å². The highest BCUT2D eigenvalue weighted by Gasteiger charge is 2.31. The minimum absolute atomic E-state index is 0.0822. The lowest BCUT2D eigenvalue weighted by atomic mass is 9.99. The van der Waals surface area contributed by atoms with Crippen molar-refractivity contribution in [2.45, 2.75) is 40.3 Å². The topological polar surface area (TPSA) is 0 Å². The van der Waals surface area contributed by atoms with Crippen LogP contribution < -0.4 is 0 Å². The Labute approximate surface area is 95.5 Å². The summed E-state index contributed by atoms with van der Waals surface area (Å²) in [5, 5.41) is 0. The van der Waals surface area contributed by atoms with Crippen molar-refractivity contribution in [1.29, 1.82) is 0 Å². The Bertz CT molecular complexity index is 291. The molecule has 3 heteroatoms. The van der Waals surface area contributed by atoms with Crippen molar-refractivity contribution < 1.29 is 13.2 Å². The molecule has 0 nitrogen and oxygen atoms in total. The molecular weight excluding hydrogens is 213 g/mol. The molecule has 0 unspecified atom stereocenters. The SMILES string of the molecule is C\C=C/C(=C\C(=C\CC)C(F)(F)F)C(C)C. The summed E-state index contributed by atoms with van der Waals surface area (Å²) >= 11 is 0. The van der Waals surface area contributed by atoms with Crippen molar-refractivity contribution in [3.8, 4) is 0 Å². The van der Waals surface area contributed by atoms with Gasteiger partial charge in [0.15, 0.2) is 0 Å². The minimum Gasteiger partial charge on any atom is -0.166 e. The summed E-state index contributed by atoms with van der Waals surface area (Å²) in [4.78, 5) is 0. The van der Waals surface area contributed by atoms with Gasteiger partial charge in [0.25, 0.3) is 0 Å². The van der Waals surface area contributed by atoms with Crippen LogP contribution >= 0.6 is 0 Å². The molecule has 0 spiro atoms. The van der Waals surface area contributed by atoms with Crippen LogP contribution in [-0.2, 0) is 0 Å². The van der Waals surface area contributed by atoms with Crippen LogP contribution in [0.3, 0.4) is 0 Å². The van der Waals surface area contributed by atoms with Crippen LogP contribution in [-0.4, -0.2) is 6.18 Å². The zero-order chi connectivity index (χ0) is 12.8. The lowest BCUT2D eigenvalue weighted by Gasteiger charge is -2.11. The van der Waals surface area contributed by atoms with Crippen LogP contribution in [0.4, 0.5) is 13.2 Å². The molecule has 0 aliphatic heterocycles. The molecule has 0 fully saturated rings. The molecule has 0 rings (SSSR count). The van der Waals surface area contributed by atoms with E-state index in [0.29, 0.717) is 12.0 Å². The lowest BCUT2D eigenvalue weighted by Crippen LogP contribution is -2.11. The van der Waals surface area contributed by atoms with Crippen molar-refractivity contribution in [1.82, 2.24) is 0 Å². The highest BCUT2D eigenvalue weighted by atomic mass is 19.4. The van der Waals surface area contributed by atoms with E-state index >= 15 is 0 Å². The highest BCUT2D eigenvalue weighted by Crippen LogP contribution is 2.29. The quantitative estimate of drug-likeness (QED) is 0.595. The standard InChI is InChI=1S/C13H19F3/c1-5-7-11(10(3)4)9-12(8-6-2)13(14,15)16/h5,7-10H,6H2,1-4H3/b7-5-,11-9+,12-8-. The first-order valence-electron chi connectivity index (χ1n) is 5.44. The van der Waals surface area contributed by atoms with E-state index in [0.717, 1.165) is 0 Å². The predicted octanol–water partition coefficient (Wildman–Crippen LogP) is 5.04. The molecule has 0 aromatic heterocycles. The van der Waals surface area contributed by atoms with Gasteiger partial charge in [-0.15, -0.1) is 0 Å². The van der Waals surface area contributed by atoms with Gasteiger partial charge in [-0.1, -0.05) is 39.0 Å². The minimum atomic E-state index is -4.27. The van der Waals surface area contributed by atoms with E-state index in [9.17, 15) is 13.2 Å². The van der Waals surface area contributed by atoms with Crippen LogP contribution in [0.15, 0.2) is 35.5 Å². The number of hydrogen-bond acceptors (Lipinski definition) is 0. The van der Waals surface area contributed by atoms with Crippen molar-refractivity contribution >= 4 is 0 Å². The van der Waals surface area contributed by atoms with E-state index in [2.05, 4.69) is 0 Å². The van der Waals surface area contributed by atoms with E-state index in [4.69, 9.17) is 0 Å². The number of allylic oxidation sites excluding steroid dienone is 6. The summed E-state index contributed by atoms with van der Waals surface area (Å²) in [7, 11) is 0. The molecule has 0 radical (unpaired) electrons. The summed E-state index contributed by atoms with van der Waals surface area (Å²) in [6.45, 7) is 7.26. The Balaban J connectivity index is 5.25. The summed E-state index contributed by atoms with van der Waals surface area (Å²) in [6.07, 6.45) is 2.04. The fourth-order valence-corrected chi connectivity index (χ4v) is 1.26. The number of rotatable bonds is 4. The summed E-state index contributed by atoms with van der Waals surface area (Å²) in [5.41, 5.74) is 0.135. The molecule has 0 aromatic rings. The number of alkyl halides is 3. The van der Waals surface area contributed by atoms with Crippen molar-refractivity contribution in [3.63, 3.8) is 0 Å². The zero-order valence-electron chi connectivity index (χ0n) is 10.2. The summed E-state index contributed by atoms with van der Waals surface area (Å²) in [5.74, 6) is 0.0822. The maximum Gasteiger partial charge on any atom is 0.416 e. The second kappa shape index (κ2) is 6.56. The molecule has 0 saturated heterocycles. The van der Waals surface area contributed by atoms with Gasteiger partial charge >= 0.3 is 6.18 Å². The van der Waals surface area contributed by atoms with Gasteiger partial charge in [0.05, 0.1) is 5.57 Å². The smallest absolute Gasteiger partial charge is 0.166 e. The number of hydrogen-bond donors (Lipinski definition) is 0. The van der Waals surface area contributed by atoms with Gasteiger partial charge in [0.1, 0.15) is 0 Å². The average Bonchev–Trinajstić information content (AvgIpc) is 2.14. The van der Waals surface area contributed by atoms with Crippen molar-refractivity contribution in [2.75, 3.05) is 0 Å². The van der Waals surface area contributed by atoms with Crippen molar-refractivity contribution in [2.24, 2.45) is 5.92 Å². The molecular formula is C13H19F3. The van der Waals surface area contributed by atoms with Gasteiger partial charge in [-0.2, -0.15) is 13.2 Å². The molecule has 0 N–H and O–H groups in total. The largest absolute Gasteiger partial charge is 0.416 e. The maximum absolute atomic E-state index is 12.6. The normalized spacial score (nSPS) is 15.2. The van der Waals surface area contributed by atoms with Crippen LogP contribution in [0.2, 0.25) is 0 Å². The Kier molecular flexibility index (Phi) is 6.16. The molecule has 0 heterocycles. The molecule has 0 saturated carbocycles. The Hall–Kier alpha value is -0.990. The Morgan fingerprint density at radius 2 is 1.81 bits per heavy atom. The first-order chi connectivity index (χ1) is 7.32. The monoisotopic (exact) mass is 232 g/mol. The lowest BCUT2D eigenvalue weighted by molar-refractivity contribution is -0.0885. The second-order valence-electron chi connectivity index (χ2n) is 3.86. The molecule has 0 amide bonds. The van der Waals surface area contributed by atoms with Gasteiger partial charge in [-0.25, -0.2) is 0 Å². The third-order valence-electron chi connectivity index (χ3n) is 2.10. The molecule has 0 aliphatic rings. The third-order valence-corrected chi connectivity index (χ3v) is 2.10. The fraction of sp³-hybridized carbons (Fsp3) is 0.538. The second-order valence-corrected chi connectivity index (χ2v) is 3.86. The van der Waals surface area contributed by atoms with Gasteiger partial charge in [-0.3, -0.25) is 0 Å². The summed E-state index contributed by atoms with van der Waals surface area (Å²) < 4.78 is 37.9. The molecule has 92 valence electrons. The molecule has 0 aliphatic carbocycles. The maximum atomic E-state index is 12.6. The first-order valence-corrected chi connectivity index (χ1v) is 5.44. The molecule has 0 aromatic carbocycles. The Morgan fingerprint density at radius 1 is 1.25 bits per heavy atom. The van der Waals surface area contributed by atoms with E-state index in [1.807, 2.05) is 13.8 Å². The summed E-state index contributed by atoms with van der Waals surface area (Å²) in [6, 6.07) is 0. The molecule has 0 bridgehead atoms. The van der Waals surface area contributed by atoms with E-state index in [1.54, 1.807) is 26.0 Å². The predicted molar refractivity (Wildman–Crippen MR) is 62.2 cm³/mol. The van der Waals surface area contributed by atoms with Gasteiger partial charge < -0.3 is 0 Å². The van der Waals surface area contributed by atoms with Crippen LogP contribution in [0.25, 0.3) is 0 Å². The van der Waals surface area contributed by atoms with Gasteiger partial charge in [0.2, 0.25) is 0 Å². The van der Waals surface area contributed by atoms with Crippen molar-refractivity contribution in [3.05, 3.63) is 35.5 Å². The average molecular weight is 232 g/mol. The third kappa shape index (κ3) is 5.19.